The number of carbonyl (C=O) groups is 3. The molecule has 0 radical (unpaired) electrons. The summed E-state index contributed by atoms with van der Waals surface area (Å²) in [6.45, 7) is 10.0. The number of carbonyl (C=O) groups excluding carboxylic acids is 1. The monoisotopic (exact) mass is 286 g/mol. The summed E-state index contributed by atoms with van der Waals surface area (Å²) < 4.78 is 4.97. The molecular formula is C14H22O6. The molecule has 0 heterocycles. The topological polar surface area (TPSA) is 101 Å². The van der Waals surface area contributed by atoms with Crippen molar-refractivity contribution in [3.8, 4) is 0 Å². The zero-order valence-electron chi connectivity index (χ0n) is 12.4. The van der Waals surface area contributed by atoms with E-state index in [1.807, 2.05) is 0 Å². The second kappa shape index (κ2) is 6.54. The summed E-state index contributed by atoms with van der Waals surface area (Å²) in [5.41, 5.74) is -1.90. The van der Waals surface area contributed by atoms with E-state index in [4.69, 9.17) is 9.84 Å². The SMILES string of the molecule is C=C(C(=O)OCC(CC)(CC(=O)O)C(=O)O)C(C)(C)C. The van der Waals surface area contributed by atoms with Gasteiger partial charge >= 0.3 is 17.9 Å². The first-order chi connectivity index (χ1) is 8.96. The third-order valence-electron chi connectivity index (χ3n) is 3.25. The Bertz CT molecular complexity index is 418. The van der Waals surface area contributed by atoms with Crippen LogP contribution >= 0.6 is 0 Å². The van der Waals surface area contributed by atoms with Crippen molar-refractivity contribution in [3.63, 3.8) is 0 Å². The lowest BCUT2D eigenvalue weighted by atomic mass is 9.82. The summed E-state index contributed by atoms with van der Waals surface area (Å²) in [7, 11) is 0. The first-order valence-corrected chi connectivity index (χ1v) is 6.28. The first kappa shape index (κ1) is 18.1. The number of rotatable bonds is 7. The summed E-state index contributed by atoms with van der Waals surface area (Å²) in [5, 5.41) is 18.0. The number of carboxylic acid groups (broad SMARTS) is 2. The Hall–Kier alpha value is -1.85. The van der Waals surface area contributed by atoms with Crippen molar-refractivity contribution in [2.75, 3.05) is 6.61 Å². The van der Waals surface area contributed by atoms with Gasteiger partial charge in [-0.15, -0.1) is 0 Å². The van der Waals surface area contributed by atoms with Crippen LogP contribution in [0.25, 0.3) is 0 Å². The van der Waals surface area contributed by atoms with Gasteiger partial charge in [0.15, 0.2) is 0 Å². The highest BCUT2D eigenvalue weighted by Gasteiger charge is 2.41. The predicted molar refractivity (Wildman–Crippen MR) is 72.2 cm³/mol. The second-order valence-electron chi connectivity index (χ2n) is 5.81. The molecule has 0 aromatic carbocycles. The van der Waals surface area contributed by atoms with E-state index in [0.717, 1.165) is 0 Å². The molecule has 6 nitrogen and oxygen atoms in total. The molecule has 0 bridgehead atoms. The van der Waals surface area contributed by atoms with E-state index in [2.05, 4.69) is 6.58 Å². The largest absolute Gasteiger partial charge is 0.481 e. The molecule has 1 atom stereocenters. The van der Waals surface area contributed by atoms with Crippen molar-refractivity contribution in [3.05, 3.63) is 12.2 Å². The van der Waals surface area contributed by atoms with Gasteiger partial charge in [0.1, 0.15) is 12.0 Å². The molecule has 6 heteroatoms. The lowest BCUT2D eigenvalue weighted by molar-refractivity contribution is -0.164. The molecule has 0 aliphatic carbocycles. The Labute approximate surface area is 118 Å². The number of esters is 1. The van der Waals surface area contributed by atoms with Gasteiger partial charge in [0.25, 0.3) is 0 Å². The maximum atomic E-state index is 11.8. The zero-order valence-corrected chi connectivity index (χ0v) is 12.4. The van der Waals surface area contributed by atoms with Gasteiger partial charge in [-0.05, 0) is 11.8 Å². The summed E-state index contributed by atoms with van der Waals surface area (Å²) in [6.07, 6.45) is -0.558. The summed E-state index contributed by atoms with van der Waals surface area (Å²) in [4.78, 5) is 33.9. The van der Waals surface area contributed by atoms with Gasteiger partial charge in [-0.1, -0.05) is 34.3 Å². The van der Waals surface area contributed by atoms with Gasteiger partial charge in [0.05, 0.1) is 6.42 Å². The van der Waals surface area contributed by atoms with Crippen LogP contribution in [-0.2, 0) is 19.1 Å². The van der Waals surface area contributed by atoms with Crippen molar-refractivity contribution in [2.45, 2.75) is 40.5 Å². The van der Waals surface area contributed by atoms with Crippen molar-refractivity contribution in [1.29, 1.82) is 0 Å². The van der Waals surface area contributed by atoms with Crippen LogP contribution in [0.1, 0.15) is 40.5 Å². The van der Waals surface area contributed by atoms with E-state index in [1.54, 1.807) is 27.7 Å². The molecule has 0 aliphatic heterocycles. The Morgan fingerprint density at radius 2 is 1.65 bits per heavy atom. The fourth-order valence-electron chi connectivity index (χ4n) is 1.45. The summed E-state index contributed by atoms with van der Waals surface area (Å²) in [5.74, 6) is -3.25. The number of ether oxygens (including phenoxy) is 1. The molecular weight excluding hydrogens is 264 g/mol. The lowest BCUT2D eigenvalue weighted by Gasteiger charge is -2.27. The molecule has 0 rings (SSSR count). The van der Waals surface area contributed by atoms with Crippen LogP contribution < -0.4 is 0 Å². The van der Waals surface area contributed by atoms with Crippen LogP contribution in [-0.4, -0.2) is 34.7 Å². The highest BCUT2D eigenvalue weighted by Crippen LogP contribution is 2.30. The van der Waals surface area contributed by atoms with Crippen molar-refractivity contribution >= 4 is 17.9 Å². The Kier molecular flexibility index (Phi) is 5.94. The van der Waals surface area contributed by atoms with Crippen molar-refractivity contribution in [2.24, 2.45) is 10.8 Å². The van der Waals surface area contributed by atoms with E-state index in [0.29, 0.717) is 0 Å². The molecule has 2 N–H and O–H groups in total. The van der Waals surface area contributed by atoms with Crippen LogP contribution in [0, 0.1) is 10.8 Å². The van der Waals surface area contributed by atoms with E-state index in [-0.39, 0.29) is 12.0 Å². The third-order valence-corrected chi connectivity index (χ3v) is 3.25. The molecule has 114 valence electrons. The molecule has 0 saturated carbocycles. The minimum absolute atomic E-state index is 0.0455. The van der Waals surface area contributed by atoms with Gasteiger partial charge in [-0.25, -0.2) is 4.79 Å². The van der Waals surface area contributed by atoms with Gasteiger partial charge in [-0.3, -0.25) is 9.59 Å². The molecule has 0 fully saturated rings. The van der Waals surface area contributed by atoms with Gasteiger partial charge < -0.3 is 14.9 Å². The molecule has 0 spiro atoms. The van der Waals surface area contributed by atoms with Gasteiger partial charge in [0, 0.05) is 5.57 Å². The standard InChI is InChI=1S/C14H22O6/c1-6-14(12(18)19,7-10(15)16)8-20-11(17)9(2)13(3,4)5/h2,6-8H2,1,3-5H3,(H,15,16)(H,18,19). The Balaban J connectivity index is 4.96. The first-order valence-electron chi connectivity index (χ1n) is 6.28. The molecule has 0 amide bonds. The summed E-state index contributed by atoms with van der Waals surface area (Å²) >= 11 is 0. The molecule has 1 unspecified atom stereocenters. The van der Waals surface area contributed by atoms with Crippen molar-refractivity contribution < 1.29 is 29.3 Å². The molecule has 0 saturated heterocycles. The van der Waals surface area contributed by atoms with Crippen LogP contribution in [0.4, 0.5) is 0 Å². The minimum atomic E-state index is -1.61. The molecule has 20 heavy (non-hydrogen) atoms. The number of hydrogen-bond acceptors (Lipinski definition) is 4. The Morgan fingerprint density at radius 3 is 1.95 bits per heavy atom. The number of aliphatic carboxylic acids is 2. The van der Waals surface area contributed by atoms with Crippen LogP contribution in [0.5, 0.6) is 0 Å². The second-order valence-corrected chi connectivity index (χ2v) is 5.81. The fourth-order valence-corrected chi connectivity index (χ4v) is 1.45. The lowest BCUT2D eigenvalue weighted by Crippen LogP contribution is -2.39. The van der Waals surface area contributed by atoms with Gasteiger partial charge in [0.2, 0.25) is 0 Å². The molecule has 0 aromatic rings. The van der Waals surface area contributed by atoms with Crippen molar-refractivity contribution in [1.82, 2.24) is 0 Å². The van der Waals surface area contributed by atoms with Crippen LogP contribution in [0.15, 0.2) is 12.2 Å². The molecule has 0 aromatic heterocycles. The smallest absolute Gasteiger partial charge is 0.333 e. The number of hydrogen-bond donors (Lipinski definition) is 2. The highest BCUT2D eigenvalue weighted by atomic mass is 16.5. The molecule has 0 aliphatic rings. The van der Waals surface area contributed by atoms with E-state index >= 15 is 0 Å². The quantitative estimate of drug-likeness (QED) is 0.549. The average Bonchev–Trinajstić information content (AvgIpc) is 2.31. The predicted octanol–water partition coefficient (Wildman–Crippen LogP) is 2.09. The average molecular weight is 286 g/mol. The van der Waals surface area contributed by atoms with E-state index < -0.39 is 41.8 Å². The fraction of sp³-hybridized carbons (Fsp3) is 0.643. The van der Waals surface area contributed by atoms with E-state index in [1.165, 1.54) is 0 Å². The van der Waals surface area contributed by atoms with E-state index in [9.17, 15) is 19.5 Å². The zero-order chi connectivity index (χ0) is 16.1. The third kappa shape index (κ3) is 4.68. The highest BCUT2D eigenvalue weighted by molar-refractivity contribution is 5.89. The van der Waals surface area contributed by atoms with Crippen LogP contribution in [0.3, 0.4) is 0 Å². The maximum absolute atomic E-state index is 11.8. The summed E-state index contributed by atoms with van der Waals surface area (Å²) in [6, 6.07) is 0. The normalized spacial score (nSPS) is 14.2. The maximum Gasteiger partial charge on any atom is 0.333 e. The van der Waals surface area contributed by atoms with Crippen LogP contribution in [0.2, 0.25) is 0 Å². The minimum Gasteiger partial charge on any atom is -0.481 e. The van der Waals surface area contributed by atoms with Gasteiger partial charge in [-0.2, -0.15) is 0 Å². The number of carboxylic acids is 2. The Morgan fingerprint density at radius 1 is 1.15 bits per heavy atom.